The molecule has 1 atom stereocenters. The second kappa shape index (κ2) is 5.83. The molecule has 1 aliphatic rings. The van der Waals surface area contributed by atoms with E-state index in [0.29, 0.717) is 11.3 Å². The minimum absolute atomic E-state index is 0.0716. The van der Waals surface area contributed by atoms with Gasteiger partial charge in [0.25, 0.3) is 0 Å². The lowest BCUT2D eigenvalue weighted by atomic mass is 9.87. The predicted molar refractivity (Wildman–Crippen MR) is 68.3 cm³/mol. The highest BCUT2D eigenvalue weighted by molar-refractivity contribution is 5.91. The number of Topliss-reactive ketones (excluding diaryl/α,β-unsaturated/α-hetero) is 1. The number of ketones is 1. The van der Waals surface area contributed by atoms with Crippen molar-refractivity contribution in [1.82, 2.24) is 0 Å². The topological polar surface area (TPSA) is 50.1 Å². The van der Waals surface area contributed by atoms with E-state index in [9.17, 15) is 14.4 Å². The van der Waals surface area contributed by atoms with Crippen LogP contribution < -0.4 is 4.74 Å². The highest BCUT2D eigenvalue weighted by Crippen LogP contribution is 2.34. The van der Waals surface area contributed by atoms with Gasteiger partial charge in [0.15, 0.2) is 5.78 Å². The molecule has 0 N–H and O–H groups in total. The summed E-state index contributed by atoms with van der Waals surface area (Å²) in [5, 5.41) is 9.27. The van der Waals surface area contributed by atoms with Crippen LogP contribution in [-0.4, -0.2) is 12.9 Å². The SMILES string of the molecule is COc1ccc(F)cc1C(C#N)C(=O)C1CCCC1. The van der Waals surface area contributed by atoms with Gasteiger partial charge in [0, 0.05) is 11.5 Å². The number of benzene rings is 1. The van der Waals surface area contributed by atoms with Crippen LogP contribution in [0, 0.1) is 23.1 Å². The second-order valence-electron chi connectivity index (χ2n) is 4.83. The van der Waals surface area contributed by atoms with E-state index in [2.05, 4.69) is 0 Å². The summed E-state index contributed by atoms with van der Waals surface area (Å²) in [6, 6.07) is 5.94. The Labute approximate surface area is 112 Å². The number of nitrogens with zero attached hydrogens (tertiary/aromatic N) is 1. The number of ether oxygens (including phenoxy) is 1. The first-order valence-corrected chi connectivity index (χ1v) is 6.44. The summed E-state index contributed by atoms with van der Waals surface area (Å²) in [7, 11) is 1.45. The van der Waals surface area contributed by atoms with Gasteiger partial charge in [-0.1, -0.05) is 12.8 Å². The molecule has 0 aromatic heterocycles. The Hall–Kier alpha value is -1.89. The van der Waals surface area contributed by atoms with Crippen LogP contribution in [0.5, 0.6) is 5.75 Å². The molecule has 1 saturated carbocycles. The van der Waals surface area contributed by atoms with Crippen molar-refractivity contribution < 1.29 is 13.9 Å². The van der Waals surface area contributed by atoms with Crippen molar-refractivity contribution in [2.75, 3.05) is 7.11 Å². The van der Waals surface area contributed by atoms with Crippen LogP contribution in [0.3, 0.4) is 0 Å². The average molecular weight is 261 g/mol. The fraction of sp³-hybridized carbons (Fsp3) is 0.467. The number of nitriles is 1. The molecule has 0 amide bonds. The van der Waals surface area contributed by atoms with E-state index in [1.165, 1.54) is 25.3 Å². The molecule has 100 valence electrons. The number of carbonyl (C=O) groups is 1. The number of carbonyl (C=O) groups excluding carboxylic acids is 1. The van der Waals surface area contributed by atoms with Crippen LogP contribution in [0.15, 0.2) is 18.2 Å². The standard InChI is InChI=1S/C15H16FNO2/c1-19-14-7-6-11(16)8-12(14)13(9-17)15(18)10-4-2-3-5-10/h6-8,10,13H,2-5H2,1H3. The van der Waals surface area contributed by atoms with Gasteiger partial charge < -0.3 is 4.74 Å². The summed E-state index contributed by atoms with van der Waals surface area (Å²) in [6.07, 6.45) is 3.70. The van der Waals surface area contributed by atoms with Crippen molar-refractivity contribution in [2.24, 2.45) is 5.92 Å². The van der Waals surface area contributed by atoms with E-state index in [1.807, 2.05) is 6.07 Å². The second-order valence-corrected chi connectivity index (χ2v) is 4.83. The average Bonchev–Trinajstić information content (AvgIpc) is 2.93. The Morgan fingerprint density at radius 1 is 1.47 bits per heavy atom. The van der Waals surface area contributed by atoms with Crippen molar-refractivity contribution in [1.29, 1.82) is 5.26 Å². The fourth-order valence-corrected chi connectivity index (χ4v) is 2.66. The number of hydrogen-bond acceptors (Lipinski definition) is 3. The maximum absolute atomic E-state index is 13.3. The van der Waals surface area contributed by atoms with Crippen LogP contribution in [0.4, 0.5) is 4.39 Å². The van der Waals surface area contributed by atoms with E-state index in [1.54, 1.807) is 0 Å². The summed E-state index contributed by atoms with van der Waals surface area (Å²) in [6.45, 7) is 0. The summed E-state index contributed by atoms with van der Waals surface area (Å²) in [4.78, 5) is 12.4. The number of rotatable bonds is 4. The van der Waals surface area contributed by atoms with Crippen molar-refractivity contribution in [3.8, 4) is 11.8 Å². The quantitative estimate of drug-likeness (QED) is 0.836. The van der Waals surface area contributed by atoms with Gasteiger partial charge in [-0.05, 0) is 31.0 Å². The molecule has 0 bridgehead atoms. The molecular formula is C15H16FNO2. The van der Waals surface area contributed by atoms with Crippen molar-refractivity contribution in [2.45, 2.75) is 31.6 Å². The molecular weight excluding hydrogens is 245 g/mol. The maximum Gasteiger partial charge on any atom is 0.157 e. The Bertz CT molecular complexity index is 515. The summed E-state index contributed by atoms with van der Waals surface area (Å²) >= 11 is 0. The fourth-order valence-electron chi connectivity index (χ4n) is 2.66. The zero-order chi connectivity index (χ0) is 13.8. The van der Waals surface area contributed by atoms with Crippen LogP contribution in [0.25, 0.3) is 0 Å². The highest BCUT2D eigenvalue weighted by atomic mass is 19.1. The molecule has 0 spiro atoms. The van der Waals surface area contributed by atoms with E-state index in [-0.39, 0.29) is 11.7 Å². The van der Waals surface area contributed by atoms with Crippen molar-refractivity contribution >= 4 is 5.78 Å². The predicted octanol–water partition coefficient (Wildman–Crippen LogP) is 3.20. The van der Waals surface area contributed by atoms with Gasteiger partial charge in [-0.25, -0.2) is 4.39 Å². The van der Waals surface area contributed by atoms with Gasteiger partial charge in [-0.3, -0.25) is 4.79 Å². The molecule has 1 fully saturated rings. The minimum atomic E-state index is -0.936. The van der Waals surface area contributed by atoms with Gasteiger partial charge in [0.05, 0.1) is 13.2 Å². The first-order valence-electron chi connectivity index (χ1n) is 6.44. The molecule has 1 unspecified atom stereocenters. The molecule has 0 saturated heterocycles. The Kier molecular flexibility index (Phi) is 4.16. The smallest absolute Gasteiger partial charge is 0.157 e. The molecule has 0 radical (unpaired) electrons. The Morgan fingerprint density at radius 2 is 2.16 bits per heavy atom. The lowest BCUT2D eigenvalue weighted by Gasteiger charge is -2.16. The zero-order valence-electron chi connectivity index (χ0n) is 10.9. The number of halogens is 1. The maximum atomic E-state index is 13.3. The van der Waals surface area contributed by atoms with Crippen LogP contribution >= 0.6 is 0 Å². The number of methoxy groups -OCH3 is 1. The Balaban J connectivity index is 2.33. The Morgan fingerprint density at radius 3 is 2.74 bits per heavy atom. The summed E-state index contributed by atoms with van der Waals surface area (Å²) in [5.74, 6) is -1.19. The molecule has 1 aliphatic carbocycles. The van der Waals surface area contributed by atoms with Crippen molar-refractivity contribution in [3.63, 3.8) is 0 Å². The lowest BCUT2D eigenvalue weighted by Crippen LogP contribution is -2.19. The zero-order valence-corrected chi connectivity index (χ0v) is 10.9. The minimum Gasteiger partial charge on any atom is -0.496 e. The van der Waals surface area contributed by atoms with Crippen LogP contribution in [-0.2, 0) is 4.79 Å². The first kappa shape index (κ1) is 13.5. The third-order valence-electron chi connectivity index (χ3n) is 3.67. The molecule has 19 heavy (non-hydrogen) atoms. The van der Waals surface area contributed by atoms with E-state index in [0.717, 1.165) is 25.7 Å². The third-order valence-corrected chi connectivity index (χ3v) is 3.67. The van der Waals surface area contributed by atoms with E-state index in [4.69, 9.17) is 4.74 Å². The van der Waals surface area contributed by atoms with Crippen LogP contribution in [0.2, 0.25) is 0 Å². The summed E-state index contributed by atoms with van der Waals surface area (Å²) < 4.78 is 18.5. The monoisotopic (exact) mass is 261 g/mol. The first-order chi connectivity index (χ1) is 9.17. The molecule has 0 heterocycles. The number of hydrogen-bond donors (Lipinski definition) is 0. The largest absolute Gasteiger partial charge is 0.496 e. The molecule has 2 rings (SSSR count). The highest BCUT2D eigenvalue weighted by Gasteiger charge is 2.32. The van der Waals surface area contributed by atoms with E-state index < -0.39 is 11.7 Å². The van der Waals surface area contributed by atoms with Gasteiger partial charge >= 0.3 is 0 Å². The van der Waals surface area contributed by atoms with Gasteiger partial charge in [0.2, 0.25) is 0 Å². The van der Waals surface area contributed by atoms with E-state index >= 15 is 0 Å². The molecule has 0 aliphatic heterocycles. The molecule has 4 heteroatoms. The van der Waals surface area contributed by atoms with Gasteiger partial charge in [0.1, 0.15) is 17.5 Å². The molecule has 1 aromatic rings. The van der Waals surface area contributed by atoms with Crippen LogP contribution in [0.1, 0.15) is 37.2 Å². The lowest BCUT2D eigenvalue weighted by molar-refractivity contribution is -0.123. The van der Waals surface area contributed by atoms with Gasteiger partial charge in [-0.15, -0.1) is 0 Å². The molecule has 3 nitrogen and oxygen atoms in total. The normalized spacial score (nSPS) is 16.9. The van der Waals surface area contributed by atoms with Gasteiger partial charge in [-0.2, -0.15) is 5.26 Å². The van der Waals surface area contributed by atoms with Crippen molar-refractivity contribution in [3.05, 3.63) is 29.6 Å². The summed E-state index contributed by atoms with van der Waals surface area (Å²) in [5.41, 5.74) is 0.335. The molecule has 1 aromatic carbocycles. The third kappa shape index (κ3) is 2.76.